The van der Waals surface area contributed by atoms with Crippen molar-refractivity contribution in [2.45, 2.75) is 19.9 Å². The van der Waals surface area contributed by atoms with Gasteiger partial charge in [0.15, 0.2) is 6.61 Å². The maximum Gasteiger partial charge on any atom is 0.348 e. The number of benzene rings is 1. The Labute approximate surface area is 152 Å². The molecule has 9 nitrogen and oxygen atoms in total. The summed E-state index contributed by atoms with van der Waals surface area (Å²) in [7, 11) is 0. The molecule has 10 heteroatoms. The Bertz CT molecular complexity index is 863. The van der Waals surface area contributed by atoms with E-state index in [0.29, 0.717) is 16.6 Å². The predicted octanol–water partition coefficient (Wildman–Crippen LogP) is 1.61. The molecule has 1 heterocycles. The van der Waals surface area contributed by atoms with Gasteiger partial charge in [0.2, 0.25) is 5.91 Å². The molecule has 0 saturated heterocycles. The lowest BCUT2D eigenvalue weighted by Crippen LogP contribution is -2.46. The van der Waals surface area contributed by atoms with Crippen LogP contribution in [0.15, 0.2) is 24.3 Å². The second-order valence-electron chi connectivity index (χ2n) is 5.35. The number of nitro groups is 1. The summed E-state index contributed by atoms with van der Waals surface area (Å²) in [5.41, 5.74) is -0.0751. The molecular formula is C16H17N3O6S. The quantitative estimate of drug-likeness (QED) is 0.427. The van der Waals surface area contributed by atoms with E-state index in [-0.39, 0.29) is 16.5 Å². The first-order chi connectivity index (χ1) is 12.3. The minimum atomic E-state index is -0.744. The van der Waals surface area contributed by atoms with Crippen molar-refractivity contribution < 1.29 is 24.0 Å². The van der Waals surface area contributed by atoms with E-state index in [0.717, 1.165) is 11.3 Å². The van der Waals surface area contributed by atoms with Gasteiger partial charge in [-0.25, -0.2) is 4.79 Å². The summed E-state index contributed by atoms with van der Waals surface area (Å²) in [5, 5.41) is 16.3. The molecular weight excluding hydrogens is 362 g/mol. The number of carbonyl (C=O) groups excluding carboxylic acids is 3. The molecule has 1 aromatic heterocycles. The third-order valence-electron chi connectivity index (χ3n) is 3.37. The van der Waals surface area contributed by atoms with Gasteiger partial charge in [-0.2, -0.15) is 0 Å². The van der Waals surface area contributed by atoms with Crippen LogP contribution in [-0.4, -0.2) is 41.9 Å². The summed E-state index contributed by atoms with van der Waals surface area (Å²) in [5.74, 6) is -1.65. The Hall–Kier alpha value is -3.01. The molecule has 0 radical (unpaired) electrons. The number of nitrogens with one attached hydrogen (secondary N) is 2. The number of fused-ring (bicyclic) bond motifs is 1. The molecule has 0 aliphatic carbocycles. The van der Waals surface area contributed by atoms with E-state index in [2.05, 4.69) is 10.6 Å². The molecule has 1 atom stereocenters. The summed E-state index contributed by atoms with van der Waals surface area (Å²) < 4.78 is 5.62. The Kier molecular flexibility index (Phi) is 6.23. The lowest BCUT2D eigenvalue weighted by Gasteiger charge is -2.13. The zero-order chi connectivity index (χ0) is 19.3. The van der Waals surface area contributed by atoms with Gasteiger partial charge >= 0.3 is 5.97 Å². The fourth-order valence-corrected chi connectivity index (χ4v) is 3.06. The highest BCUT2D eigenvalue weighted by Gasteiger charge is 2.18. The molecule has 0 aliphatic heterocycles. The van der Waals surface area contributed by atoms with E-state index in [9.17, 15) is 24.5 Å². The van der Waals surface area contributed by atoms with Gasteiger partial charge in [-0.15, -0.1) is 11.3 Å². The van der Waals surface area contributed by atoms with Crippen LogP contribution in [0.1, 0.15) is 23.5 Å². The Morgan fingerprint density at radius 3 is 2.69 bits per heavy atom. The van der Waals surface area contributed by atoms with Crippen molar-refractivity contribution in [1.29, 1.82) is 0 Å². The molecule has 2 rings (SSSR count). The van der Waals surface area contributed by atoms with Gasteiger partial charge in [0.25, 0.3) is 11.6 Å². The van der Waals surface area contributed by atoms with E-state index in [1.807, 2.05) is 0 Å². The van der Waals surface area contributed by atoms with Gasteiger partial charge < -0.3 is 15.4 Å². The molecule has 0 fully saturated rings. The fourth-order valence-electron chi connectivity index (χ4n) is 2.12. The maximum absolute atomic E-state index is 12.1. The van der Waals surface area contributed by atoms with Crippen molar-refractivity contribution in [3.05, 3.63) is 39.3 Å². The van der Waals surface area contributed by atoms with Crippen LogP contribution in [0.2, 0.25) is 0 Å². The van der Waals surface area contributed by atoms with E-state index in [1.54, 1.807) is 13.0 Å². The van der Waals surface area contributed by atoms with Gasteiger partial charge in [0.1, 0.15) is 10.9 Å². The van der Waals surface area contributed by atoms with E-state index in [4.69, 9.17) is 4.74 Å². The first-order valence-electron chi connectivity index (χ1n) is 7.74. The van der Waals surface area contributed by atoms with Crippen molar-refractivity contribution in [2.75, 3.05) is 13.2 Å². The van der Waals surface area contributed by atoms with Crippen molar-refractivity contribution in [1.82, 2.24) is 10.6 Å². The third-order valence-corrected chi connectivity index (χ3v) is 4.46. The molecule has 0 saturated carbocycles. The number of ether oxygens (including phenoxy) is 1. The van der Waals surface area contributed by atoms with Crippen LogP contribution in [0.5, 0.6) is 0 Å². The summed E-state index contributed by atoms with van der Waals surface area (Å²) in [6, 6.07) is 5.00. The zero-order valence-corrected chi connectivity index (χ0v) is 14.9. The SMILES string of the molecule is CCNC(=O)[C@@H](C)NC(=O)COC(=O)c1cc2cc([N+](=O)[O-])ccc2s1. The molecule has 0 spiro atoms. The predicted molar refractivity (Wildman–Crippen MR) is 95.1 cm³/mol. The number of carbonyl (C=O) groups is 3. The second kappa shape index (κ2) is 8.39. The molecule has 138 valence electrons. The molecule has 0 aliphatic rings. The van der Waals surface area contributed by atoms with Gasteiger partial charge in [0, 0.05) is 28.8 Å². The number of nitro benzene ring substituents is 1. The highest BCUT2D eigenvalue weighted by Crippen LogP contribution is 2.29. The number of hydrogen-bond acceptors (Lipinski definition) is 7. The van der Waals surface area contributed by atoms with Crippen molar-refractivity contribution in [2.24, 2.45) is 0 Å². The van der Waals surface area contributed by atoms with Crippen LogP contribution in [0, 0.1) is 10.1 Å². The maximum atomic E-state index is 12.1. The average Bonchev–Trinajstić information content (AvgIpc) is 3.03. The van der Waals surface area contributed by atoms with Crippen LogP contribution in [0.3, 0.4) is 0 Å². The number of thiophene rings is 1. The molecule has 0 unspecified atom stereocenters. The molecule has 2 aromatic rings. The van der Waals surface area contributed by atoms with Crippen LogP contribution in [0.4, 0.5) is 5.69 Å². The number of rotatable bonds is 7. The smallest absolute Gasteiger partial charge is 0.348 e. The lowest BCUT2D eigenvalue weighted by molar-refractivity contribution is -0.384. The van der Waals surface area contributed by atoms with Gasteiger partial charge in [-0.3, -0.25) is 19.7 Å². The van der Waals surface area contributed by atoms with Gasteiger partial charge in [-0.05, 0) is 26.0 Å². The summed E-state index contributed by atoms with van der Waals surface area (Å²) in [6.07, 6.45) is 0. The highest BCUT2D eigenvalue weighted by molar-refractivity contribution is 7.20. The first-order valence-corrected chi connectivity index (χ1v) is 8.55. The van der Waals surface area contributed by atoms with E-state index in [1.165, 1.54) is 25.1 Å². The average molecular weight is 379 g/mol. The van der Waals surface area contributed by atoms with Gasteiger partial charge in [-0.1, -0.05) is 0 Å². The summed E-state index contributed by atoms with van der Waals surface area (Å²) in [4.78, 5) is 45.8. The number of likely N-dealkylation sites (N-methyl/N-ethyl adjacent to an activating group) is 1. The normalized spacial score (nSPS) is 11.6. The topological polar surface area (TPSA) is 128 Å². The van der Waals surface area contributed by atoms with Crippen LogP contribution in [0.25, 0.3) is 10.1 Å². The monoisotopic (exact) mass is 379 g/mol. The lowest BCUT2D eigenvalue weighted by atomic mass is 10.2. The number of amides is 2. The molecule has 2 N–H and O–H groups in total. The van der Waals surface area contributed by atoms with Crippen LogP contribution < -0.4 is 10.6 Å². The summed E-state index contributed by atoms with van der Waals surface area (Å²) >= 11 is 1.11. The first kappa shape index (κ1) is 19.3. The molecule has 0 bridgehead atoms. The zero-order valence-electron chi connectivity index (χ0n) is 14.1. The van der Waals surface area contributed by atoms with E-state index < -0.39 is 29.4 Å². The second-order valence-corrected chi connectivity index (χ2v) is 6.43. The minimum Gasteiger partial charge on any atom is -0.451 e. The summed E-state index contributed by atoms with van der Waals surface area (Å²) in [6.45, 7) is 3.19. The standard InChI is InChI=1S/C16H17N3O6S/c1-3-17-15(21)9(2)18-14(20)8-25-16(22)13-7-10-6-11(19(23)24)4-5-12(10)26-13/h4-7,9H,3,8H2,1-2H3,(H,17,21)(H,18,20)/t9-/m1/s1. The molecule has 2 amide bonds. The van der Waals surface area contributed by atoms with Crippen molar-refractivity contribution in [3.63, 3.8) is 0 Å². The Balaban J connectivity index is 1.95. The number of hydrogen-bond donors (Lipinski definition) is 2. The Morgan fingerprint density at radius 1 is 1.31 bits per heavy atom. The van der Waals surface area contributed by atoms with Crippen molar-refractivity contribution >= 4 is 44.9 Å². The fraction of sp³-hybridized carbons (Fsp3) is 0.312. The van der Waals surface area contributed by atoms with Gasteiger partial charge in [0.05, 0.1) is 4.92 Å². The Morgan fingerprint density at radius 2 is 2.04 bits per heavy atom. The minimum absolute atomic E-state index is 0.0751. The molecule has 1 aromatic carbocycles. The number of non-ortho nitro benzene ring substituents is 1. The third kappa shape index (κ3) is 4.76. The number of nitrogens with zero attached hydrogens (tertiary/aromatic N) is 1. The van der Waals surface area contributed by atoms with E-state index >= 15 is 0 Å². The van der Waals surface area contributed by atoms with Crippen LogP contribution >= 0.6 is 11.3 Å². The molecule has 26 heavy (non-hydrogen) atoms. The largest absolute Gasteiger partial charge is 0.451 e. The van der Waals surface area contributed by atoms with Crippen LogP contribution in [-0.2, 0) is 14.3 Å². The van der Waals surface area contributed by atoms with Crippen molar-refractivity contribution in [3.8, 4) is 0 Å². The highest BCUT2D eigenvalue weighted by atomic mass is 32.1. The number of esters is 1.